The van der Waals surface area contributed by atoms with Gasteiger partial charge in [0.2, 0.25) is 5.89 Å². The molecule has 4 rings (SSSR count). The highest BCUT2D eigenvalue weighted by Crippen LogP contribution is 2.48. The second-order valence-electron chi connectivity index (χ2n) is 7.47. The second kappa shape index (κ2) is 7.53. The van der Waals surface area contributed by atoms with Crippen molar-refractivity contribution in [2.24, 2.45) is 4.36 Å². The third-order valence-electron chi connectivity index (χ3n) is 5.54. The van der Waals surface area contributed by atoms with E-state index in [9.17, 15) is 31.1 Å². The van der Waals surface area contributed by atoms with Gasteiger partial charge in [-0.3, -0.25) is 0 Å². The smallest absolute Gasteiger partial charge is 0.435 e. The monoisotopic (exact) mass is 498 g/mol. The molecule has 3 aromatic rings. The van der Waals surface area contributed by atoms with E-state index < -0.39 is 35.4 Å². The Morgan fingerprint density at radius 3 is 2.48 bits per heavy atom. The van der Waals surface area contributed by atoms with E-state index in [1.807, 2.05) is 0 Å². The summed E-state index contributed by atoms with van der Waals surface area (Å²) in [6, 6.07) is 6.65. The van der Waals surface area contributed by atoms with Crippen LogP contribution < -0.4 is 0 Å². The molecular formula is C20H17F3N4O4S2. The molecule has 0 aliphatic heterocycles. The van der Waals surface area contributed by atoms with Gasteiger partial charge in [0, 0.05) is 13.2 Å². The van der Waals surface area contributed by atoms with E-state index in [1.165, 1.54) is 19.2 Å². The Morgan fingerprint density at radius 1 is 1.24 bits per heavy atom. The van der Waals surface area contributed by atoms with Crippen molar-refractivity contribution in [3.05, 3.63) is 36.0 Å². The molecule has 1 aliphatic carbocycles. The minimum atomic E-state index is -5.10. The molecule has 13 heteroatoms. The van der Waals surface area contributed by atoms with Crippen molar-refractivity contribution in [3.8, 4) is 17.7 Å². The number of benzene rings is 1. The van der Waals surface area contributed by atoms with E-state index in [0.717, 1.165) is 25.2 Å². The molecule has 8 nitrogen and oxygen atoms in total. The van der Waals surface area contributed by atoms with Gasteiger partial charge >= 0.3 is 5.51 Å². The maximum absolute atomic E-state index is 13.3. The van der Waals surface area contributed by atoms with Crippen LogP contribution in [0.25, 0.3) is 22.7 Å². The van der Waals surface area contributed by atoms with Gasteiger partial charge in [-0.15, -0.1) is 0 Å². The molecule has 2 aromatic heterocycles. The summed E-state index contributed by atoms with van der Waals surface area (Å²) in [4.78, 5) is 7.53. The topological polar surface area (TPSA) is 126 Å². The summed E-state index contributed by atoms with van der Waals surface area (Å²) in [5.41, 5.74) is -5.54. The van der Waals surface area contributed by atoms with Crippen molar-refractivity contribution >= 4 is 30.7 Å². The van der Waals surface area contributed by atoms with E-state index in [4.69, 9.17) is 4.42 Å². The first kappa shape index (κ1) is 23.2. The van der Waals surface area contributed by atoms with Crippen LogP contribution >= 0.6 is 0 Å². The van der Waals surface area contributed by atoms with Crippen LogP contribution in [0.2, 0.25) is 0 Å². The summed E-state index contributed by atoms with van der Waals surface area (Å²) in [7, 11) is -7.72. The van der Waals surface area contributed by atoms with Gasteiger partial charge in [-0.25, -0.2) is 27.0 Å². The Hall–Kier alpha value is -2.98. The maximum atomic E-state index is 13.3. The van der Waals surface area contributed by atoms with Gasteiger partial charge in [0.25, 0.3) is 0 Å². The van der Waals surface area contributed by atoms with Crippen molar-refractivity contribution in [3.63, 3.8) is 0 Å². The molecule has 1 aromatic carbocycles. The van der Waals surface area contributed by atoms with E-state index in [-0.39, 0.29) is 33.3 Å². The highest BCUT2D eigenvalue weighted by atomic mass is 32.2. The zero-order valence-electron chi connectivity index (χ0n) is 17.4. The maximum Gasteiger partial charge on any atom is 0.483 e. The van der Waals surface area contributed by atoms with Crippen molar-refractivity contribution in [1.82, 2.24) is 9.97 Å². The van der Waals surface area contributed by atoms with Crippen molar-refractivity contribution in [1.29, 1.82) is 5.26 Å². The number of oxazole rings is 1. The molecule has 33 heavy (non-hydrogen) atoms. The molecule has 1 fully saturated rings. The predicted molar refractivity (Wildman–Crippen MR) is 112 cm³/mol. The number of hydrogen-bond acceptors (Lipinski definition) is 8. The fourth-order valence-electron chi connectivity index (χ4n) is 3.37. The lowest BCUT2D eigenvalue weighted by Crippen LogP contribution is -2.23. The van der Waals surface area contributed by atoms with E-state index in [1.54, 1.807) is 0 Å². The van der Waals surface area contributed by atoms with Crippen LogP contribution in [0.4, 0.5) is 13.2 Å². The van der Waals surface area contributed by atoms with Gasteiger partial charge < -0.3 is 4.42 Å². The van der Waals surface area contributed by atoms with Gasteiger partial charge in [-0.1, -0.05) is 6.92 Å². The predicted octanol–water partition coefficient (Wildman–Crippen LogP) is 4.22. The Bertz CT molecular complexity index is 1540. The molecule has 2 heterocycles. The number of halogens is 3. The molecule has 0 amide bonds. The number of hydrogen-bond donors (Lipinski definition) is 0. The largest absolute Gasteiger partial charge is 0.483 e. The molecular weight excluding hydrogens is 481 g/mol. The SMILES string of the molecule is CCS(=O)(=O)c1cc(C2(C#N)CC2)cnc1-c1nc2cc(S(=O)(=NC)C(F)(F)F)ccc2o1. The van der Waals surface area contributed by atoms with Gasteiger partial charge in [0.05, 0.1) is 27.0 Å². The number of aromatic nitrogens is 2. The Morgan fingerprint density at radius 2 is 1.94 bits per heavy atom. The first-order chi connectivity index (χ1) is 15.4. The van der Waals surface area contributed by atoms with Crippen LogP contribution in [0.3, 0.4) is 0 Å². The summed E-state index contributed by atoms with van der Waals surface area (Å²) in [6.45, 7) is 1.45. The Labute approximate surface area is 187 Å². The van der Waals surface area contributed by atoms with Crippen LogP contribution in [0.15, 0.2) is 49.0 Å². The Kier molecular flexibility index (Phi) is 5.29. The average molecular weight is 499 g/mol. The molecule has 1 saturated carbocycles. The third kappa shape index (κ3) is 3.67. The zero-order valence-corrected chi connectivity index (χ0v) is 19.0. The van der Waals surface area contributed by atoms with E-state index in [2.05, 4.69) is 20.4 Å². The highest BCUT2D eigenvalue weighted by Gasteiger charge is 2.46. The minimum absolute atomic E-state index is 0.0511. The van der Waals surface area contributed by atoms with Crippen LogP contribution in [0.1, 0.15) is 25.3 Å². The van der Waals surface area contributed by atoms with E-state index in [0.29, 0.717) is 18.4 Å². The van der Waals surface area contributed by atoms with Gasteiger partial charge in [-0.2, -0.15) is 18.4 Å². The van der Waals surface area contributed by atoms with Gasteiger partial charge in [0.15, 0.2) is 25.1 Å². The van der Waals surface area contributed by atoms with Crippen LogP contribution in [-0.2, 0) is 25.0 Å². The first-order valence-corrected chi connectivity index (χ1v) is 12.8. The van der Waals surface area contributed by atoms with Gasteiger partial charge in [0.1, 0.15) is 11.2 Å². The fourth-order valence-corrected chi connectivity index (χ4v) is 5.63. The third-order valence-corrected chi connectivity index (χ3v) is 9.31. The summed E-state index contributed by atoms with van der Waals surface area (Å²) >= 11 is 0. The number of fused-ring (bicyclic) bond motifs is 1. The number of alkyl halides is 3. The Balaban J connectivity index is 1.89. The quantitative estimate of drug-likeness (QED) is 0.516. The summed E-state index contributed by atoms with van der Waals surface area (Å²) in [5.74, 6) is -0.477. The lowest BCUT2D eigenvalue weighted by Gasteiger charge is -2.12. The average Bonchev–Trinajstić information content (AvgIpc) is 3.48. The van der Waals surface area contributed by atoms with Crippen LogP contribution in [0.5, 0.6) is 0 Å². The number of rotatable bonds is 5. The normalized spacial score (nSPS) is 17.3. The number of sulfone groups is 1. The summed E-state index contributed by atoms with van der Waals surface area (Å²) in [5, 5.41) is 9.44. The summed E-state index contributed by atoms with van der Waals surface area (Å²) in [6.07, 6.45) is 2.55. The summed E-state index contributed by atoms with van der Waals surface area (Å²) < 4.78 is 86.6. The van der Waals surface area contributed by atoms with Crippen LogP contribution in [-0.4, -0.2) is 40.9 Å². The van der Waals surface area contributed by atoms with Crippen molar-refractivity contribution in [2.75, 3.05) is 12.8 Å². The lowest BCUT2D eigenvalue weighted by molar-refractivity contribution is -0.0403. The fraction of sp³-hybridized carbons (Fsp3) is 0.350. The van der Waals surface area contributed by atoms with Crippen molar-refractivity contribution in [2.45, 2.75) is 40.5 Å². The van der Waals surface area contributed by atoms with Crippen molar-refractivity contribution < 1.29 is 30.2 Å². The van der Waals surface area contributed by atoms with Gasteiger partial charge in [-0.05, 0) is 42.7 Å². The number of nitriles is 1. The molecule has 0 radical (unpaired) electrons. The highest BCUT2D eigenvalue weighted by molar-refractivity contribution is 7.94. The number of nitrogens with zero attached hydrogens (tertiary/aromatic N) is 4. The zero-order chi connectivity index (χ0) is 24.2. The molecule has 1 aliphatic rings. The molecule has 174 valence electrons. The van der Waals surface area contributed by atoms with Crippen LogP contribution in [0, 0.1) is 11.3 Å². The lowest BCUT2D eigenvalue weighted by atomic mass is 9.99. The van der Waals surface area contributed by atoms with E-state index >= 15 is 0 Å². The molecule has 1 unspecified atom stereocenters. The molecule has 0 spiro atoms. The number of pyridine rings is 1. The standard InChI is InChI=1S/C20H17F3N4O4S2/c1-3-32(28,29)16-8-12(19(11-24)6-7-19)10-26-17(16)18-27-14-9-13(4-5-15(14)31-18)33(30,25-2)20(21,22)23/h4-5,8-10H,3,6-7H2,1-2H3. The molecule has 0 saturated heterocycles. The molecule has 0 bridgehead atoms. The first-order valence-electron chi connectivity index (χ1n) is 9.68. The molecule has 0 N–H and O–H groups in total. The molecule has 1 atom stereocenters. The minimum Gasteiger partial charge on any atom is -0.435 e. The second-order valence-corrected chi connectivity index (χ2v) is 12.1.